The molecule has 172 valence electrons. The van der Waals surface area contributed by atoms with Crippen LogP contribution in [-0.2, 0) is 26.1 Å². The van der Waals surface area contributed by atoms with Crippen molar-refractivity contribution in [1.82, 2.24) is 9.62 Å². The molecule has 0 aliphatic carbocycles. The second-order valence-electron chi connectivity index (χ2n) is 7.73. The topological polar surface area (TPSA) is 95.9 Å². The molecule has 0 amide bonds. The molecule has 1 aromatic heterocycles. The highest BCUT2D eigenvalue weighted by Gasteiger charge is 2.43. The second-order valence-corrected chi connectivity index (χ2v) is 10.6. The Morgan fingerprint density at radius 1 is 1.43 bits per heavy atom. The molecule has 2 aliphatic rings. The number of alkyl halides is 3. The van der Waals surface area contributed by atoms with Crippen LogP contribution >= 0.6 is 11.3 Å². The highest BCUT2D eigenvalue weighted by Crippen LogP contribution is 2.37. The zero-order valence-corrected chi connectivity index (χ0v) is 18.5. The number of thiophene rings is 1. The smallest absolute Gasteiger partial charge is 0.475 e. The fourth-order valence-electron chi connectivity index (χ4n) is 3.64. The zero-order valence-electron chi connectivity index (χ0n) is 16.9. The summed E-state index contributed by atoms with van der Waals surface area (Å²) in [7, 11) is -3.15. The Labute approximate surface area is 178 Å². The van der Waals surface area contributed by atoms with Crippen molar-refractivity contribution in [1.29, 1.82) is 0 Å². The Hall–Kier alpha value is -1.21. The van der Waals surface area contributed by atoms with E-state index in [1.165, 1.54) is 16.7 Å². The normalized spacial score (nSPS) is 25.2. The van der Waals surface area contributed by atoms with Crippen molar-refractivity contribution < 1.29 is 36.2 Å². The van der Waals surface area contributed by atoms with Crippen LogP contribution in [0, 0.1) is 6.92 Å². The number of halogens is 3. The van der Waals surface area contributed by atoms with Gasteiger partial charge in [0.15, 0.2) is 0 Å². The van der Waals surface area contributed by atoms with E-state index >= 15 is 0 Å². The van der Waals surface area contributed by atoms with Crippen LogP contribution in [-0.4, -0.2) is 68.2 Å². The number of aliphatic carboxylic acids is 1. The van der Waals surface area contributed by atoms with Gasteiger partial charge in [0.05, 0.1) is 18.0 Å². The van der Waals surface area contributed by atoms with Crippen LogP contribution in [0.3, 0.4) is 0 Å². The molecule has 0 radical (unpaired) electrons. The van der Waals surface area contributed by atoms with Crippen molar-refractivity contribution in [2.75, 3.05) is 25.9 Å². The van der Waals surface area contributed by atoms with E-state index in [1.807, 2.05) is 11.3 Å². The van der Waals surface area contributed by atoms with Gasteiger partial charge in [0.1, 0.15) is 0 Å². The van der Waals surface area contributed by atoms with Crippen LogP contribution in [0.4, 0.5) is 13.2 Å². The maximum Gasteiger partial charge on any atom is 0.490 e. The molecule has 12 heteroatoms. The van der Waals surface area contributed by atoms with E-state index in [0.29, 0.717) is 6.54 Å². The third-order valence-corrected chi connectivity index (χ3v) is 6.82. The molecule has 2 aliphatic heterocycles. The number of likely N-dealkylation sites (tertiary alicyclic amines) is 1. The average Bonchev–Trinajstić information content (AvgIpc) is 3.19. The molecule has 0 saturated carbocycles. The monoisotopic (exact) mass is 472 g/mol. The third-order valence-electron chi connectivity index (χ3n) is 5.12. The van der Waals surface area contributed by atoms with E-state index in [0.717, 1.165) is 45.3 Å². The third kappa shape index (κ3) is 7.80. The first-order valence-corrected chi connectivity index (χ1v) is 12.2. The van der Waals surface area contributed by atoms with E-state index in [-0.39, 0.29) is 11.7 Å². The molecule has 0 unspecified atom stereocenters. The summed E-state index contributed by atoms with van der Waals surface area (Å²) in [4.78, 5) is 12.8. The minimum Gasteiger partial charge on any atom is -0.475 e. The lowest BCUT2D eigenvalue weighted by Crippen LogP contribution is -2.46. The molecule has 0 aromatic carbocycles. The van der Waals surface area contributed by atoms with Crippen LogP contribution in [0.15, 0.2) is 11.4 Å². The van der Waals surface area contributed by atoms with Crippen molar-refractivity contribution in [3.05, 3.63) is 21.9 Å². The number of carbonyl (C=O) groups is 1. The van der Waals surface area contributed by atoms with Crippen LogP contribution in [0.1, 0.15) is 36.1 Å². The van der Waals surface area contributed by atoms with E-state index in [2.05, 4.69) is 28.0 Å². The van der Waals surface area contributed by atoms with E-state index in [4.69, 9.17) is 14.6 Å². The number of nitrogens with zero attached hydrogens (tertiary/aromatic N) is 1. The summed E-state index contributed by atoms with van der Waals surface area (Å²) in [5, 5.41) is 9.28. The van der Waals surface area contributed by atoms with Crippen LogP contribution < -0.4 is 4.72 Å². The SMILES string of the molecule is Cc1ccsc1CN1CC[C@]2(CCC[C@H](CNS(C)(=O)=O)O2)C1.O=C(O)C(F)(F)F. The predicted molar refractivity (Wildman–Crippen MR) is 107 cm³/mol. The molecule has 2 atom stereocenters. The van der Waals surface area contributed by atoms with Crippen molar-refractivity contribution in [2.45, 2.75) is 57.0 Å². The average molecular weight is 473 g/mol. The van der Waals surface area contributed by atoms with E-state index in [9.17, 15) is 21.6 Å². The van der Waals surface area contributed by atoms with Crippen molar-refractivity contribution >= 4 is 27.3 Å². The molecular weight excluding hydrogens is 445 g/mol. The molecule has 1 spiro atoms. The first kappa shape index (κ1) is 25.1. The summed E-state index contributed by atoms with van der Waals surface area (Å²) < 4.78 is 63.2. The molecule has 2 N–H and O–H groups in total. The van der Waals surface area contributed by atoms with Gasteiger partial charge in [0, 0.05) is 31.1 Å². The first-order chi connectivity index (χ1) is 13.8. The minimum atomic E-state index is -5.08. The van der Waals surface area contributed by atoms with Gasteiger partial charge in [-0.3, -0.25) is 4.90 Å². The number of carboxylic acids is 1. The Morgan fingerprint density at radius 2 is 2.10 bits per heavy atom. The number of hydrogen-bond acceptors (Lipinski definition) is 6. The van der Waals surface area contributed by atoms with Crippen LogP contribution in [0.25, 0.3) is 0 Å². The van der Waals surface area contributed by atoms with Gasteiger partial charge in [-0.25, -0.2) is 17.9 Å². The molecule has 1 aromatic rings. The quantitative estimate of drug-likeness (QED) is 0.684. The first-order valence-electron chi connectivity index (χ1n) is 9.47. The number of carboxylic acid groups (broad SMARTS) is 1. The molecular formula is C18H27F3N2O5S2. The molecule has 0 bridgehead atoms. The molecule has 30 heavy (non-hydrogen) atoms. The van der Waals surface area contributed by atoms with Gasteiger partial charge < -0.3 is 9.84 Å². The zero-order chi connectivity index (χ0) is 22.6. The lowest BCUT2D eigenvalue weighted by atomic mass is 9.90. The number of aryl methyl sites for hydroxylation is 1. The summed E-state index contributed by atoms with van der Waals surface area (Å²) in [5.41, 5.74) is 1.29. The maximum absolute atomic E-state index is 11.3. The predicted octanol–water partition coefficient (Wildman–Crippen LogP) is 2.75. The van der Waals surface area contributed by atoms with Gasteiger partial charge in [-0.2, -0.15) is 13.2 Å². The molecule has 2 fully saturated rings. The minimum absolute atomic E-state index is 0.00176. The summed E-state index contributed by atoms with van der Waals surface area (Å²) in [6.07, 6.45) is 0.305. The van der Waals surface area contributed by atoms with Gasteiger partial charge >= 0.3 is 12.1 Å². The second kappa shape index (κ2) is 9.94. The fraction of sp³-hybridized carbons (Fsp3) is 0.722. The van der Waals surface area contributed by atoms with Gasteiger partial charge in [-0.1, -0.05) is 0 Å². The Morgan fingerprint density at radius 3 is 2.63 bits per heavy atom. The Kier molecular flexibility index (Phi) is 8.30. The highest BCUT2D eigenvalue weighted by atomic mass is 32.2. The molecule has 2 saturated heterocycles. The maximum atomic E-state index is 11.3. The standard InChI is InChI=1S/C16H26N2O3S2.C2HF3O2/c1-13-5-9-22-15(13)11-18-8-7-16(12-18)6-3-4-14(21-16)10-17-23(2,19)20;3-2(4,5)1(6)7/h5,9,14,17H,3-4,6-8,10-12H2,1-2H3;(H,6,7)/t14-,16-;/m1./s1. The van der Waals surface area contributed by atoms with Crippen LogP contribution in [0.2, 0.25) is 0 Å². The number of rotatable bonds is 5. The van der Waals surface area contributed by atoms with Gasteiger partial charge in [-0.05, 0) is 49.6 Å². The highest BCUT2D eigenvalue weighted by molar-refractivity contribution is 7.88. The summed E-state index contributed by atoms with van der Waals surface area (Å²) in [5.74, 6) is -2.76. The molecule has 3 rings (SSSR count). The lowest BCUT2D eigenvalue weighted by Gasteiger charge is -2.38. The Bertz CT molecular complexity index is 828. The number of nitrogens with one attached hydrogen (secondary N) is 1. The summed E-state index contributed by atoms with van der Waals surface area (Å²) >= 11 is 1.82. The van der Waals surface area contributed by atoms with E-state index in [1.54, 1.807) is 0 Å². The summed E-state index contributed by atoms with van der Waals surface area (Å²) in [6.45, 7) is 5.58. The molecule has 7 nitrogen and oxygen atoms in total. The fourth-order valence-corrected chi connectivity index (χ4v) is 5.08. The Balaban J connectivity index is 0.000000396. The number of ether oxygens (including phenoxy) is 1. The van der Waals surface area contributed by atoms with Crippen molar-refractivity contribution in [3.63, 3.8) is 0 Å². The number of sulfonamides is 1. The molecule has 3 heterocycles. The summed E-state index contributed by atoms with van der Waals surface area (Å²) in [6, 6.07) is 2.18. The van der Waals surface area contributed by atoms with Gasteiger partial charge in [0.2, 0.25) is 10.0 Å². The van der Waals surface area contributed by atoms with Crippen LogP contribution in [0.5, 0.6) is 0 Å². The van der Waals surface area contributed by atoms with Gasteiger partial charge in [-0.15, -0.1) is 11.3 Å². The van der Waals surface area contributed by atoms with Gasteiger partial charge in [0.25, 0.3) is 0 Å². The largest absolute Gasteiger partial charge is 0.490 e. The van der Waals surface area contributed by atoms with Crippen molar-refractivity contribution in [2.24, 2.45) is 0 Å². The lowest BCUT2D eigenvalue weighted by molar-refractivity contribution is -0.192. The van der Waals surface area contributed by atoms with Crippen molar-refractivity contribution in [3.8, 4) is 0 Å². The van der Waals surface area contributed by atoms with E-state index < -0.39 is 22.2 Å². The number of hydrogen-bond donors (Lipinski definition) is 2.